The minimum Gasteiger partial charge on any atom is -0.494 e. The molecule has 1 rings (SSSR count). The summed E-state index contributed by atoms with van der Waals surface area (Å²) >= 11 is 5.93. The molecule has 0 saturated carbocycles. The predicted octanol–water partition coefficient (Wildman–Crippen LogP) is 4.05. The van der Waals surface area contributed by atoms with Crippen molar-refractivity contribution in [2.75, 3.05) is 25.1 Å². The van der Waals surface area contributed by atoms with Gasteiger partial charge in [0.25, 0.3) is 0 Å². The van der Waals surface area contributed by atoms with Gasteiger partial charge in [0.05, 0.1) is 24.7 Å². The highest BCUT2D eigenvalue weighted by molar-refractivity contribution is 6.17. The zero-order chi connectivity index (χ0) is 14.3. The van der Waals surface area contributed by atoms with Crippen LogP contribution in [-0.2, 0) is 10.6 Å². The number of anilines is 1. The summed E-state index contributed by atoms with van der Waals surface area (Å²) in [5.74, 6) is 1.30. The van der Waals surface area contributed by atoms with Gasteiger partial charge in [0.15, 0.2) is 0 Å². The van der Waals surface area contributed by atoms with E-state index in [0.29, 0.717) is 19.1 Å². The Hall–Kier alpha value is -0.930. The summed E-state index contributed by atoms with van der Waals surface area (Å²) in [5, 5.41) is 3.32. The van der Waals surface area contributed by atoms with Crippen molar-refractivity contribution in [2.45, 2.75) is 39.2 Å². The molecule has 4 heteroatoms. The van der Waals surface area contributed by atoms with E-state index in [4.69, 9.17) is 21.1 Å². The lowest BCUT2D eigenvalue weighted by Crippen LogP contribution is -2.23. The van der Waals surface area contributed by atoms with Crippen LogP contribution >= 0.6 is 11.6 Å². The quantitative estimate of drug-likeness (QED) is 0.605. The van der Waals surface area contributed by atoms with Gasteiger partial charge in [0.2, 0.25) is 0 Å². The molecule has 0 spiro atoms. The van der Waals surface area contributed by atoms with E-state index < -0.39 is 0 Å². The van der Waals surface area contributed by atoms with Crippen LogP contribution in [0.2, 0.25) is 0 Å². The lowest BCUT2D eigenvalue weighted by Gasteiger charge is -2.20. The lowest BCUT2D eigenvalue weighted by molar-refractivity contribution is 0.00333. The number of nitrogens with one attached hydrogen (secondary N) is 1. The Morgan fingerprint density at radius 3 is 2.58 bits per heavy atom. The molecule has 0 aliphatic rings. The van der Waals surface area contributed by atoms with Crippen molar-refractivity contribution in [1.29, 1.82) is 0 Å². The third kappa shape index (κ3) is 6.17. The summed E-state index contributed by atoms with van der Waals surface area (Å²) in [6.07, 6.45) is 0. The third-order valence-corrected chi connectivity index (χ3v) is 2.76. The molecule has 0 amide bonds. The summed E-state index contributed by atoms with van der Waals surface area (Å²) in [5.41, 5.74) is 1.95. The summed E-state index contributed by atoms with van der Waals surface area (Å²) in [6, 6.07) is 5.97. The zero-order valence-corrected chi connectivity index (χ0v) is 13.0. The van der Waals surface area contributed by atoms with E-state index in [-0.39, 0.29) is 5.60 Å². The highest BCUT2D eigenvalue weighted by atomic mass is 35.5. The summed E-state index contributed by atoms with van der Waals surface area (Å²) in [6.45, 7) is 10.2. The molecule has 0 aliphatic heterocycles. The topological polar surface area (TPSA) is 30.5 Å². The number of benzene rings is 1. The SMILES string of the molecule is CCOc1ccc(NCCOC(C)(C)C)cc1CCl. The van der Waals surface area contributed by atoms with Crippen molar-refractivity contribution in [3.05, 3.63) is 23.8 Å². The Kier molecular flexibility index (Phi) is 6.46. The van der Waals surface area contributed by atoms with Gasteiger partial charge in [-0.15, -0.1) is 11.6 Å². The second-order valence-corrected chi connectivity index (χ2v) is 5.54. The van der Waals surface area contributed by atoms with E-state index in [1.807, 2.05) is 25.1 Å². The number of ether oxygens (including phenoxy) is 2. The second kappa shape index (κ2) is 7.61. The summed E-state index contributed by atoms with van der Waals surface area (Å²) in [4.78, 5) is 0. The number of alkyl halides is 1. The van der Waals surface area contributed by atoms with Gasteiger partial charge in [-0.2, -0.15) is 0 Å². The molecule has 3 nitrogen and oxygen atoms in total. The molecule has 0 heterocycles. The molecule has 0 atom stereocenters. The molecule has 108 valence electrons. The van der Waals surface area contributed by atoms with Crippen LogP contribution in [0.25, 0.3) is 0 Å². The Bertz CT molecular complexity index is 388. The molecule has 1 aromatic rings. The minimum absolute atomic E-state index is 0.0954. The fourth-order valence-electron chi connectivity index (χ4n) is 1.64. The third-order valence-electron chi connectivity index (χ3n) is 2.47. The van der Waals surface area contributed by atoms with Crippen LogP contribution in [-0.4, -0.2) is 25.4 Å². The maximum atomic E-state index is 5.93. The minimum atomic E-state index is -0.0954. The van der Waals surface area contributed by atoms with Crippen LogP contribution in [0.15, 0.2) is 18.2 Å². The molecule has 0 aliphatic carbocycles. The number of rotatable bonds is 7. The predicted molar refractivity (Wildman–Crippen MR) is 81.4 cm³/mol. The number of halogens is 1. The average Bonchev–Trinajstić information content (AvgIpc) is 2.35. The van der Waals surface area contributed by atoms with Crippen LogP contribution in [0.1, 0.15) is 33.3 Å². The first-order chi connectivity index (χ1) is 8.96. The molecule has 1 aromatic carbocycles. The zero-order valence-electron chi connectivity index (χ0n) is 12.3. The average molecular weight is 286 g/mol. The summed E-state index contributed by atoms with van der Waals surface area (Å²) < 4.78 is 11.2. The van der Waals surface area contributed by atoms with Gasteiger partial charge in [-0.3, -0.25) is 0 Å². The van der Waals surface area contributed by atoms with Crippen LogP contribution in [0, 0.1) is 0 Å². The molecule has 0 fully saturated rings. The van der Waals surface area contributed by atoms with Crippen molar-refractivity contribution in [3.8, 4) is 5.75 Å². The molecule has 0 radical (unpaired) electrons. The van der Waals surface area contributed by atoms with Gasteiger partial charge in [0.1, 0.15) is 5.75 Å². The fraction of sp³-hybridized carbons (Fsp3) is 0.600. The first kappa shape index (κ1) is 16.1. The highest BCUT2D eigenvalue weighted by Crippen LogP contribution is 2.24. The molecule has 1 N–H and O–H groups in total. The maximum absolute atomic E-state index is 5.93. The Balaban J connectivity index is 2.50. The maximum Gasteiger partial charge on any atom is 0.123 e. The first-order valence-corrected chi connectivity index (χ1v) is 7.19. The molecule has 0 aromatic heterocycles. The van der Waals surface area contributed by atoms with Crippen LogP contribution in [0.3, 0.4) is 0 Å². The second-order valence-electron chi connectivity index (χ2n) is 5.28. The van der Waals surface area contributed by atoms with Crippen LogP contribution in [0.4, 0.5) is 5.69 Å². The summed E-state index contributed by atoms with van der Waals surface area (Å²) in [7, 11) is 0. The monoisotopic (exact) mass is 285 g/mol. The fourth-order valence-corrected chi connectivity index (χ4v) is 1.85. The van der Waals surface area contributed by atoms with E-state index in [2.05, 4.69) is 26.1 Å². The Morgan fingerprint density at radius 1 is 1.26 bits per heavy atom. The normalized spacial score (nSPS) is 11.4. The van der Waals surface area contributed by atoms with Crippen LogP contribution in [0.5, 0.6) is 5.75 Å². The smallest absolute Gasteiger partial charge is 0.123 e. The van der Waals surface area contributed by atoms with E-state index in [0.717, 1.165) is 23.5 Å². The van der Waals surface area contributed by atoms with Gasteiger partial charge >= 0.3 is 0 Å². The van der Waals surface area contributed by atoms with Gasteiger partial charge < -0.3 is 14.8 Å². The van der Waals surface area contributed by atoms with Crippen molar-refractivity contribution < 1.29 is 9.47 Å². The molecular formula is C15H24ClNO2. The Labute approximate surface area is 121 Å². The van der Waals surface area contributed by atoms with Crippen molar-refractivity contribution in [1.82, 2.24) is 0 Å². The molecule has 19 heavy (non-hydrogen) atoms. The van der Waals surface area contributed by atoms with E-state index in [1.54, 1.807) is 0 Å². The van der Waals surface area contributed by atoms with E-state index >= 15 is 0 Å². The number of hydrogen-bond acceptors (Lipinski definition) is 3. The lowest BCUT2D eigenvalue weighted by atomic mass is 10.2. The number of hydrogen-bond donors (Lipinski definition) is 1. The van der Waals surface area contributed by atoms with Crippen molar-refractivity contribution in [2.24, 2.45) is 0 Å². The van der Waals surface area contributed by atoms with Crippen molar-refractivity contribution in [3.63, 3.8) is 0 Å². The molecule has 0 bridgehead atoms. The molecule has 0 saturated heterocycles. The van der Waals surface area contributed by atoms with E-state index in [9.17, 15) is 0 Å². The molecule has 0 unspecified atom stereocenters. The molecular weight excluding hydrogens is 262 g/mol. The van der Waals surface area contributed by atoms with Gasteiger partial charge in [-0.25, -0.2) is 0 Å². The highest BCUT2D eigenvalue weighted by Gasteiger charge is 2.09. The van der Waals surface area contributed by atoms with Gasteiger partial charge in [0, 0.05) is 17.8 Å². The van der Waals surface area contributed by atoms with Crippen LogP contribution < -0.4 is 10.1 Å². The largest absolute Gasteiger partial charge is 0.494 e. The first-order valence-electron chi connectivity index (χ1n) is 6.66. The van der Waals surface area contributed by atoms with Gasteiger partial charge in [-0.1, -0.05) is 0 Å². The van der Waals surface area contributed by atoms with E-state index in [1.165, 1.54) is 0 Å². The van der Waals surface area contributed by atoms with Gasteiger partial charge in [-0.05, 0) is 45.9 Å². The van der Waals surface area contributed by atoms with Crippen molar-refractivity contribution >= 4 is 17.3 Å². The standard InChI is InChI=1S/C15H24ClNO2/c1-5-18-14-7-6-13(10-12(14)11-16)17-8-9-19-15(2,3)4/h6-7,10,17H,5,8-9,11H2,1-4H3. The Morgan fingerprint density at radius 2 is 2.00 bits per heavy atom.